The Balaban J connectivity index is 1.91. The van der Waals surface area contributed by atoms with Gasteiger partial charge in [-0.05, 0) is 37.9 Å². The van der Waals surface area contributed by atoms with Crippen LogP contribution >= 0.6 is 0 Å². The van der Waals surface area contributed by atoms with Crippen LogP contribution in [0, 0.1) is 0 Å². The Labute approximate surface area is 111 Å². The Kier molecular flexibility index (Phi) is 3.80. The first kappa shape index (κ1) is 13.5. The van der Waals surface area contributed by atoms with Crippen molar-refractivity contribution in [1.29, 1.82) is 0 Å². The molecule has 6 heteroatoms. The Hall–Kier alpha value is -1.95. The minimum Gasteiger partial charge on any atom is -0.477 e. The lowest BCUT2D eigenvalue weighted by Crippen LogP contribution is -2.50. The van der Waals surface area contributed by atoms with E-state index < -0.39 is 11.5 Å². The molecule has 0 bridgehead atoms. The molecule has 6 nitrogen and oxygen atoms in total. The molecule has 1 amide bonds. The van der Waals surface area contributed by atoms with E-state index in [0.29, 0.717) is 6.54 Å². The number of carbonyl (C=O) groups is 2. The van der Waals surface area contributed by atoms with Gasteiger partial charge in [-0.2, -0.15) is 0 Å². The Bertz CT molecular complexity index is 478. The highest BCUT2D eigenvalue weighted by Gasteiger charge is 2.35. The van der Waals surface area contributed by atoms with Crippen molar-refractivity contribution in [2.45, 2.75) is 31.8 Å². The van der Waals surface area contributed by atoms with E-state index in [9.17, 15) is 9.59 Å². The molecular weight excluding hydrogens is 246 g/mol. The second-order valence-electron chi connectivity index (χ2n) is 4.90. The molecule has 1 atom stereocenters. The number of amides is 1. The highest BCUT2D eigenvalue weighted by atomic mass is 16.4. The molecule has 1 fully saturated rings. The molecular formula is C13H17N3O3. The summed E-state index contributed by atoms with van der Waals surface area (Å²) in [5.74, 6) is -1.09. The van der Waals surface area contributed by atoms with Gasteiger partial charge in [-0.25, -0.2) is 9.78 Å². The number of carbonyl (C=O) groups excluding carboxylic acids is 1. The van der Waals surface area contributed by atoms with E-state index in [1.54, 1.807) is 6.07 Å². The van der Waals surface area contributed by atoms with Crippen LogP contribution in [0.15, 0.2) is 18.3 Å². The topological polar surface area (TPSA) is 91.3 Å². The number of rotatable bonds is 4. The van der Waals surface area contributed by atoms with E-state index >= 15 is 0 Å². The number of nitrogens with one attached hydrogen (secondary N) is 2. The van der Waals surface area contributed by atoms with Crippen LogP contribution in [-0.2, 0) is 11.3 Å². The van der Waals surface area contributed by atoms with Gasteiger partial charge >= 0.3 is 5.97 Å². The molecule has 1 saturated heterocycles. The van der Waals surface area contributed by atoms with Crippen molar-refractivity contribution in [2.75, 3.05) is 6.54 Å². The Morgan fingerprint density at radius 1 is 1.53 bits per heavy atom. The molecule has 1 aromatic heterocycles. The van der Waals surface area contributed by atoms with Crippen LogP contribution < -0.4 is 10.6 Å². The molecule has 1 unspecified atom stereocenters. The third-order valence-corrected chi connectivity index (χ3v) is 3.37. The predicted molar refractivity (Wildman–Crippen MR) is 68.7 cm³/mol. The third kappa shape index (κ3) is 3.08. The Morgan fingerprint density at radius 2 is 2.32 bits per heavy atom. The van der Waals surface area contributed by atoms with Crippen LogP contribution in [0.25, 0.3) is 0 Å². The van der Waals surface area contributed by atoms with E-state index in [1.807, 2.05) is 6.92 Å². The molecule has 0 spiro atoms. The van der Waals surface area contributed by atoms with Gasteiger partial charge in [0.25, 0.3) is 0 Å². The van der Waals surface area contributed by atoms with E-state index in [2.05, 4.69) is 15.6 Å². The highest BCUT2D eigenvalue weighted by molar-refractivity contribution is 5.86. The smallest absolute Gasteiger partial charge is 0.354 e. The molecule has 19 heavy (non-hydrogen) atoms. The standard InChI is InChI=1S/C13H17N3O3/c1-13(5-2-6-16-13)12(19)15-8-9-3-4-10(11(17)18)14-7-9/h3-4,7,16H,2,5-6,8H2,1H3,(H,15,19)(H,17,18). The first-order valence-corrected chi connectivity index (χ1v) is 6.23. The molecule has 102 valence electrons. The first-order valence-electron chi connectivity index (χ1n) is 6.23. The number of aromatic nitrogens is 1. The molecule has 1 aliphatic heterocycles. The van der Waals surface area contributed by atoms with Crippen molar-refractivity contribution in [3.63, 3.8) is 0 Å². The monoisotopic (exact) mass is 263 g/mol. The maximum absolute atomic E-state index is 12.0. The SMILES string of the molecule is CC1(C(=O)NCc2ccc(C(=O)O)nc2)CCCN1. The van der Waals surface area contributed by atoms with Crippen LogP contribution in [0.3, 0.4) is 0 Å². The zero-order valence-electron chi connectivity index (χ0n) is 10.8. The molecule has 1 aromatic rings. The van der Waals surface area contributed by atoms with Crippen molar-refractivity contribution in [2.24, 2.45) is 0 Å². The van der Waals surface area contributed by atoms with Gasteiger partial charge in [0.2, 0.25) is 5.91 Å². The highest BCUT2D eigenvalue weighted by Crippen LogP contribution is 2.18. The van der Waals surface area contributed by atoms with Gasteiger partial charge in [-0.1, -0.05) is 6.07 Å². The van der Waals surface area contributed by atoms with Crippen LogP contribution in [0.2, 0.25) is 0 Å². The van der Waals surface area contributed by atoms with Gasteiger partial charge in [0.1, 0.15) is 5.69 Å². The molecule has 2 heterocycles. The predicted octanol–water partition coefficient (Wildman–Crippen LogP) is 0.538. The van der Waals surface area contributed by atoms with Crippen LogP contribution in [0.1, 0.15) is 35.8 Å². The fourth-order valence-corrected chi connectivity index (χ4v) is 2.12. The van der Waals surface area contributed by atoms with E-state index in [4.69, 9.17) is 5.11 Å². The number of carboxylic acids is 1. The largest absolute Gasteiger partial charge is 0.477 e. The van der Waals surface area contributed by atoms with E-state index in [-0.39, 0.29) is 11.6 Å². The van der Waals surface area contributed by atoms with Gasteiger partial charge in [0, 0.05) is 12.7 Å². The molecule has 3 N–H and O–H groups in total. The number of carboxylic acid groups (broad SMARTS) is 1. The summed E-state index contributed by atoms with van der Waals surface area (Å²) in [6, 6.07) is 3.08. The van der Waals surface area contributed by atoms with Gasteiger partial charge in [0.15, 0.2) is 0 Å². The number of aromatic carboxylic acids is 1. The number of hydrogen-bond acceptors (Lipinski definition) is 4. The maximum Gasteiger partial charge on any atom is 0.354 e. The first-order chi connectivity index (χ1) is 9.01. The summed E-state index contributed by atoms with van der Waals surface area (Å²) in [7, 11) is 0. The summed E-state index contributed by atoms with van der Waals surface area (Å²) in [6.45, 7) is 3.10. The zero-order valence-corrected chi connectivity index (χ0v) is 10.8. The summed E-state index contributed by atoms with van der Waals surface area (Å²) in [6.07, 6.45) is 3.29. The summed E-state index contributed by atoms with van der Waals surface area (Å²) < 4.78 is 0. The summed E-state index contributed by atoms with van der Waals surface area (Å²) >= 11 is 0. The van der Waals surface area contributed by atoms with Crippen molar-refractivity contribution >= 4 is 11.9 Å². The van der Waals surface area contributed by atoms with Crippen LogP contribution in [0.5, 0.6) is 0 Å². The summed E-state index contributed by atoms with van der Waals surface area (Å²) in [4.78, 5) is 26.5. The second kappa shape index (κ2) is 5.36. The van der Waals surface area contributed by atoms with Gasteiger partial charge in [-0.15, -0.1) is 0 Å². The van der Waals surface area contributed by atoms with E-state index in [0.717, 1.165) is 24.9 Å². The average Bonchev–Trinajstić information content (AvgIpc) is 2.84. The molecule has 0 saturated carbocycles. The van der Waals surface area contributed by atoms with Crippen LogP contribution in [0.4, 0.5) is 0 Å². The lowest BCUT2D eigenvalue weighted by atomic mass is 9.99. The average molecular weight is 263 g/mol. The quantitative estimate of drug-likeness (QED) is 0.737. The molecule has 0 radical (unpaired) electrons. The van der Waals surface area contributed by atoms with Crippen molar-refractivity contribution < 1.29 is 14.7 Å². The van der Waals surface area contributed by atoms with Crippen molar-refractivity contribution in [3.8, 4) is 0 Å². The molecule has 1 aliphatic rings. The third-order valence-electron chi connectivity index (χ3n) is 3.37. The molecule has 2 rings (SSSR count). The second-order valence-corrected chi connectivity index (χ2v) is 4.90. The number of nitrogens with zero attached hydrogens (tertiary/aromatic N) is 1. The number of hydrogen-bond donors (Lipinski definition) is 3. The van der Waals surface area contributed by atoms with Gasteiger partial charge < -0.3 is 15.7 Å². The fourth-order valence-electron chi connectivity index (χ4n) is 2.12. The van der Waals surface area contributed by atoms with Gasteiger partial charge in [0.05, 0.1) is 5.54 Å². The van der Waals surface area contributed by atoms with Gasteiger partial charge in [-0.3, -0.25) is 4.79 Å². The van der Waals surface area contributed by atoms with E-state index in [1.165, 1.54) is 12.3 Å². The normalized spacial score (nSPS) is 22.2. The summed E-state index contributed by atoms with van der Waals surface area (Å²) in [5, 5.41) is 14.8. The van der Waals surface area contributed by atoms with Crippen LogP contribution in [-0.4, -0.2) is 34.1 Å². The van der Waals surface area contributed by atoms with Crippen molar-refractivity contribution in [3.05, 3.63) is 29.6 Å². The Morgan fingerprint density at radius 3 is 2.84 bits per heavy atom. The molecule has 0 aliphatic carbocycles. The lowest BCUT2D eigenvalue weighted by molar-refractivity contribution is -0.126. The minimum atomic E-state index is -1.06. The zero-order chi connectivity index (χ0) is 13.9. The number of pyridine rings is 1. The minimum absolute atomic E-state index is 0.000465. The fraction of sp³-hybridized carbons (Fsp3) is 0.462. The maximum atomic E-state index is 12.0. The summed E-state index contributed by atoms with van der Waals surface area (Å²) in [5.41, 5.74) is 0.286. The molecule has 0 aromatic carbocycles. The lowest BCUT2D eigenvalue weighted by Gasteiger charge is -2.23. The van der Waals surface area contributed by atoms with Crippen molar-refractivity contribution in [1.82, 2.24) is 15.6 Å².